The molecule has 0 aliphatic carbocycles. The second-order valence-electron chi connectivity index (χ2n) is 10.8. The zero-order valence-electron chi connectivity index (χ0n) is 23.5. The van der Waals surface area contributed by atoms with Crippen molar-refractivity contribution >= 4 is 17.9 Å². The maximum Gasteiger partial charge on any atom is 0.408 e. The molecule has 206 valence electrons. The van der Waals surface area contributed by atoms with Crippen molar-refractivity contribution in [3.63, 3.8) is 0 Å². The molecule has 8 nitrogen and oxygen atoms in total. The Morgan fingerprint density at radius 1 is 1.03 bits per heavy atom. The van der Waals surface area contributed by atoms with Crippen LogP contribution in [0.15, 0.2) is 55.1 Å². The first-order chi connectivity index (χ1) is 17.7. The quantitative estimate of drug-likeness (QED) is 0.391. The minimum absolute atomic E-state index is 0.0734. The van der Waals surface area contributed by atoms with Crippen molar-refractivity contribution in [1.82, 2.24) is 15.5 Å². The number of alkyl carbamates (subject to hydrolysis) is 1. The third kappa shape index (κ3) is 8.94. The maximum absolute atomic E-state index is 14.1. The lowest BCUT2D eigenvalue weighted by Crippen LogP contribution is -2.54. The molecule has 0 aliphatic rings. The first kappa shape index (κ1) is 30.4. The van der Waals surface area contributed by atoms with Crippen LogP contribution in [0.25, 0.3) is 0 Å². The van der Waals surface area contributed by atoms with E-state index in [1.54, 1.807) is 39.0 Å². The highest BCUT2D eigenvalue weighted by atomic mass is 16.6. The van der Waals surface area contributed by atoms with Crippen LogP contribution in [-0.4, -0.2) is 52.1 Å². The summed E-state index contributed by atoms with van der Waals surface area (Å²) in [4.78, 5) is 41.8. The molecular weight excluding hydrogens is 482 g/mol. The number of benzene rings is 2. The minimum atomic E-state index is -1.05. The van der Waals surface area contributed by atoms with Crippen LogP contribution in [0.3, 0.4) is 0 Å². The predicted molar refractivity (Wildman–Crippen MR) is 149 cm³/mol. The number of ether oxygens (including phenoxy) is 1. The number of amides is 3. The number of hydrogen-bond donors (Lipinski definition) is 3. The number of carbonyl (C=O) groups excluding carboxylic acids is 3. The van der Waals surface area contributed by atoms with Gasteiger partial charge in [0.25, 0.3) is 0 Å². The number of phenols is 1. The van der Waals surface area contributed by atoms with Crippen LogP contribution in [0.2, 0.25) is 0 Å². The Morgan fingerprint density at radius 2 is 1.66 bits per heavy atom. The molecular formula is C30H41N3O5. The Hall–Kier alpha value is -3.81. The van der Waals surface area contributed by atoms with Gasteiger partial charge < -0.3 is 25.4 Å². The van der Waals surface area contributed by atoms with Gasteiger partial charge in [-0.3, -0.25) is 9.59 Å². The molecule has 2 unspecified atom stereocenters. The van der Waals surface area contributed by atoms with Crippen molar-refractivity contribution in [3.8, 4) is 5.75 Å². The summed E-state index contributed by atoms with van der Waals surface area (Å²) in [7, 11) is 0. The van der Waals surface area contributed by atoms with Gasteiger partial charge in [-0.25, -0.2) is 4.79 Å². The molecule has 38 heavy (non-hydrogen) atoms. The fraction of sp³-hybridized carbons (Fsp3) is 0.433. The fourth-order valence-electron chi connectivity index (χ4n) is 3.95. The second-order valence-corrected chi connectivity index (χ2v) is 10.8. The molecule has 3 N–H and O–H groups in total. The monoisotopic (exact) mass is 523 g/mol. The summed E-state index contributed by atoms with van der Waals surface area (Å²) >= 11 is 0. The smallest absolute Gasteiger partial charge is 0.408 e. The van der Waals surface area contributed by atoms with Gasteiger partial charge in [-0.2, -0.15) is 0 Å². The Balaban J connectivity index is 2.55. The van der Waals surface area contributed by atoms with Gasteiger partial charge in [0, 0.05) is 19.0 Å². The lowest BCUT2D eigenvalue weighted by molar-refractivity contribution is -0.142. The molecule has 3 amide bonds. The Kier molecular flexibility index (Phi) is 10.5. The standard InChI is InChI=1S/C30H41N3O5/c1-9-16-33(26(27(35)31-19(2)3)23-13-10-20(4)21(5)17-23)28(36)25(32-29(37)38-30(6,7)8)18-22-11-14-24(34)15-12-22/h9-15,17,19,25-26,34H,1,16,18H2,2-8H3,(H,31,35)(H,32,37). The van der Waals surface area contributed by atoms with E-state index in [4.69, 9.17) is 4.74 Å². The summed E-state index contributed by atoms with van der Waals surface area (Å²) in [6.07, 6.45) is 0.930. The van der Waals surface area contributed by atoms with Crippen molar-refractivity contribution in [3.05, 3.63) is 77.4 Å². The lowest BCUT2D eigenvalue weighted by Gasteiger charge is -2.34. The van der Waals surface area contributed by atoms with Gasteiger partial charge in [-0.1, -0.05) is 36.4 Å². The van der Waals surface area contributed by atoms with Crippen molar-refractivity contribution in [1.29, 1.82) is 0 Å². The van der Waals surface area contributed by atoms with Crippen LogP contribution < -0.4 is 10.6 Å². The number of carbonyl (C=O) groups is 3. The molecule has 0 aromatic heterocycles. The summed E-state index contributed by atoms with van der Waals surface area (Å²) in [5.74, 6) is -0.713. The molecule has 0 aliphatic heterocycles. The number of nitrogens with one attached hydrogen (secondary N) is 2. The Labute approximate surface area is 226 Å². The van der Waals surface area contributed by atoms with Crippen LogP contribution >= 0.6 is 0 Å². The largest absolute Gasteiger partial charge is 0.508 e. The highest BCUT2D eigenvalue weighted by molar-refractivity contribution is 5.92. The van der Waals surface area contributed by atoms with Gasteiger partial charge in [0.1, 0.15) is 23.4 Å². The lowest BCUT2D eigenvalue weighted by atomic mass is 9.97. The second kappa shape index (κ2) is 13.1. The van der Waals surface area contributed by atoms with E-state index in [2.05, 4.69) is 17.2 Å². The van der Waals surface area contributed by atoms with E-state index in [9.17, 15) is 19.5 Å². The number of aryl methyl sites for hydroxylation is 2. The average Bonchev–Trinajstić information content (AvgIpc) is 2.80. The highest BCUT2D eigenvalue weighted by Gasteiger charge is 2.36. The molecule has 8 heteroatoms. The number of hydrogen-bond acceptors (Lipinski definition) is 5. The van der Waals surface area contributed by atoms with E-state index in [-0.39, 0.29) is 30.7 Å². The van der Waals surface area contributed by atoms with Crippen LogP contribution in [0.1, 0.15) is 62.9 Å². The predicted octanol–water partition coefficient (Wildman–Crippen LogP) is 4.73. The molecule has 2 atom stereocenters. The third-order valence-corrected chi connectivity index (χ3v) is 5.81. The first-order valence-corrected chi connectivity index (χ1v) is 12.8. The fourth-order valence-corrected chi connectivity index (χ4v) is 3.95. The van der Waals surface area contributed by atoms with E-state index in [0.29, 0.717) is 11.1 Å². The molecule has 0 fully saturated rings. The molecule has 2 rings (SSSR count). The SMILES string of the molecule is C=CCN(C(=O)C(Cc1ccc(O)cc1)NC(=O)OC(C)(C)C)C(C(=O)NC(C)C)c1ccc(C)c(C)c1. The van der Waals surface area contributed by atoms with Gasteiger partial charge in [-0.05, 0) is 82.9 Å². The highest BCUT2D eigenvalue weighted by Crippen LogP contribution is 2.26. The van der Waals surface area contributed by atoms with Gasteiger partial charge in [0.05, 0.1) is 0 Å². The summed E-state index contributed by atoms with van der Waals surface area (Å²) in [5.41, 5.74) is 2.65. The topological polar surface area (TPSA) is 108 Å². The maximum atomic E-state index is 14.1. The number of phenolic OH excluding ortho intramolecular Hbond substituents is 1. The first-order valence-electron chi connectivity index (χ1n) is 12.8. The van der Waals surface area contributed by atoms with Crippen LogP contribution in [0.4, 0.5) is 4.79 Å². The third-order valence-electron chi connectivity index (χ3n) is 5.81. The van der Waals surface area contributed by atoms with Gasteiger partial charge >= 0.3 is 6.09 Å². The van der Waals surface area contributed by atoms with Gasteiger partial charge in [0.2, 0.25) is 11.8 Å². The van der Waals surface area contributed by atoms with E-state index in [0.717, 1.165) is 11.1 Å². The molecule has 0 spiro atoms. The number of rotatable bonds is 10. The number of nitrogens with zero attached hydrogens (tertiary/aromatic N) is 1. The zero-order valence-corrected chi connectivity index (χ0v) is 23.5. The normalized spacial score (nSPS) is 12.8. The summed E-state index contributed by atoms with van der Waals surface area (Å²) in [5, 5.41) is 15.3. The molecule has 0 heterocycles. The van der Waals surface area contributed by atoms with E-state index < -0.39 is 29.7 Å². The number of aromatic hydroxyl groups is 1. The minimum Gasteiger partial charge on any atom is -0.508 e. The molecule has 0 saturated carbocycles. The molecule has 2 aromatic carbocycles. The van der Waals surface area contributed by atoms with E-state index in [1.165, 1.54) is 17.0 Å². The molecule has 0 saturated heterocycles. The van der Waals surface area contributed by atoms with Crippen molar-refractivity contribution in [2.45, 2.75) is 78.6 Å². The van der Waals surface area contributed by atoms with Crippen LogP contribution in [0.5, 0.6) is 5.75 Å². The zero-order chi connectivity index (χ0) is 28.6. The summed E-state index contributed by atoms with van der Waals surface area (Å²) < 4.78 is 5.43. The summed E-state index contributed by atoms with van der Waals surface area (Å²) in [6, 6.07) is 9.90. The molecule has 2 aromatic rings. The summed E-state index contributed by atoms with van der Waals surface area (Å²) in [6.45, 7) is 16.7. The Morgan fingerprint density at radius 3 is 2.18 bits per heavy atom. The van der Waals surface area contributed by atoms with Crippen molar-refractivity contribution in [2.75, 3.05) is 6.54 Å². The van der Waals surface area contributed by atoms with Crippen LogP contribution in [-0.2, 0) is 20.7 Å². The molecule has 0 radical (unpaired) electrons. The van der Waals surface area contributed by atoms with Crippen molar-refractivity contribution in [2.24, 2.45) is 0 Å². The van der Waals surface area contributed by atoms with Gasteiger partial charge in [0.15, 0.2) is 0 Å². The van der Waals surface area contributed by atoms with E-state index in [1.807, 2.05) is 45.9 Å². The molecule has 0 bridgehead atoms. The van der Waals surface area contributed by atoms with Crippen LogP contribution in [0, 0.1) is 13.8 Å². The van der Waals surface area contributed by atoms with E-state index >= 15 is 0 Å². The average molecular weight is 524 g/mol. The van der Waals surface area contributed by atoms with Gasteiger partial charge in [-0.15, -0.1) is 6.58 Å². The Bertz CT molecular complexity index is 1140. The van der Waals surface area contributed by atoms with Crippen molar-refractivity contribution < 1.29 is 24.2 Å².